The van der Waals surface area contributed by atoms with Gasteiger partial charge in [-0.25, -0.2) is 9.67 Å². The number of ether oxygens (including phenoxy) is 1. The fourth-order valence-electron chi connectivity index (χ4n) is 5.04. The second kappa shape index (κ2) is 9.51. The molecule has 0 bridgehead atoms. The van der Waals surface area contributed by atoms with Crippen LogP contribution in [0.4, 0.5) is 19.0 Å². The third-order valence-electron chi connectivity index (χ3n) is 6.88. The third-order valence-corrected chi connectivity index (χ3v) is 7.79. The molecule has 0 unspecified atom stereocenters. The molecule has 3 aromatic rings. The topological polar surface area (TPSA) is 90.1 Å². The lowest BCUT2D eigenvalue weighted by molar-refractivity contribution is -0.153. The molecule has 9 nitrogen and oxygen atoms in total. The van der Waals surface area contributed by atoms with E-state index < -0.39 is 18.2 Å². The molecular formula is C25H30F3N7O2S. The van der Waals surface area contributed by atoms with Crippen LogP contribution in [0.2, 0.25) is 0 Å². The summed E-state index contributed by atoms with van der Waals surface area (Å²) in [5.41, 5.74) is 0.995. The molecule has 5 rings (SSSR count). The molecule has 4 heterocycles. The molecule has 3 atom stereocenters. The van der Waals surface area contributed by atoms with Crippen LogP contribution in [-0.2, 0) is 7.05 Å². The molecular weight excluding hydrogens is 519 g/mol. The summed E-state index contributed by atoms with van der Waals surface area (Å²) in [7, 11) is 1.82. The second-order valence-corrected chi connectivity index (χ2v) is 11.5. The van der Waals surface area contributed by atoms with E-state index in [9.17, 15) is 18.0 Å². The van der Waals surface area contributed by atoms with Crippen LogP contribution in [0.5, 0.6) is 5.88 Å². The van der Waals surface area contributed by atoms with E-state index in [1.165, 1.54) is 22.7 Å². The lowest BCUT2D eigenvalue weighted by Crippen LogP contribution is -2.40. The molecule has 38 heavy (non-hydrogen) atoms. The predicted molar refractivity (Wildman–Crippen MR) is 136 cm³/mol. The minimum Gasteiger partial charge on any atom is -0.473 e. The maximum atomic E-state index is 13.3. The van der Waals surface area contributed by atoms with Gasteiger partial charge in [-0.05, 0) is 63.6 Å². The van der Waals surface area contributed by atoms with Crippen molar-refractivity contribution >= 4 is 23.7 Å². The molecule has 13 heteroatoms. The number of rotatable bonds is 7. The fraction of sp³-hybridized carbons (Fsp3) is 0.520. The third kappa shape index (κ3) is 5.33. The number of nitrogens with one attached hydrogen (secondary N) is 1. The predicted octanol–water partition coefficient (Wildman–Crippen LogP) is 4.70. The van der Waals surface area contributed by atoms with Crippen LogP contribution in [0.3, 0.4) is 0 Å². The number of carbonyl (C=O) groups excluding carboxylic acids is 1. The Morgan fingerprint density at radius 1 is 1.24 bits per heavy atom. The number of aryl methyl sites for hydroxylation is 2. The van der Waals surface area contributed by atoms with Gasteiger partial charge >= 0.3 is 6.18 Å². The van der Waals surface area contributed by atoms with Crippen LogP contribution < -0.4 is 14.4 Å². The van der Waals surface area contributed by atoms with Gasteiger partial charge in [0, 0.05) is 37.6 Å². The quantitative estimate of drug-likeness (QED) is 0.427. The molecule has 1 N–H and O–H groups in total. The summed E-state index contributed by atoms with van der Waals surface area (Å²) in [6.07, 6.45) is -0.893. The average Bonchev–Trinajstić information content (AvgIpc) is 3.18. The highest BCUT2D eigenvalue weighted by Crippen LogP contribution is 2.46. The summed E-state index contributed by atoms with van der Waals surface area (Å²) in [6.45, 7) is 9.00. The minimum atomic E-state index is -4.27. The summed E-state index contributed by atoms with van der Waals surface area (Å²) >= 11 is 1.20. The molecule has 1 amide bonds. The number of halogens is 3. The van der Waals surface area contributed by atoms with Gasteiger partial charge in [-0.1, -0.05) is 6.92 Å². The van der Waals surface area contributed by atoms with Gasteiger partial charge in [0.1, 0.15) is 11.9 Å². The van der Waals surface area contributed by atoms with Crippen molar-refractivity contribution < 1.29 is 22.7 Å². The highest BCUT2D eigenvalue weighted by molar-refractivity contribution is 7.98. The van der Waals surface area contributed by atoms with Crippen LogP contribution in [0, 0.1) is 18.8 Å². The number of hydrogen-bond acceptors (Lipinski definition) is 7. The van der Waals surface area contributed by atoms with E-state index in [2.05, 4.69) is 40.6 Å². The smallest absolute Gasteiger partial charge is 0.395 e. The molecule has 204 valence electrons. The van der Waals surface area contributed by atoms with Gasteiger partial charge in [0.2, 0.25) is 5.88 Å². The van der Waals surface area contributed by atoms with E-state index in [0.29, 0.717) is 23.1 Å². The minimum absolute atomic E-state index is 0.0681. The van der Waals surface area contributed by atoms with E-state index in [4.69, 9.17) is 9.72 Å². The van der Waals surface area contributed by atoms with E-state index in [1.807, 2.05) is 20.2 Å². The molecule has 0 spiro atoms. The van der Waals surface area contributed by atoms with E-state index in [0.717, 1.165) is 23.6 Å². The second-order valence-electron chi connectivity index (χ2n) is 10.7. The summed E-state index contributed by atoms with van der Waals surface area (Å²) < 4.78 is 50.1. The number of hydrogen-bond donors (Lipinski definition) is 1. The van der Waals surface area contributed by atoms with Gasteiger partial charge in [-0.15, -0.1) is 5.10 Å². The molecule has 1 saturated carbocycles. The zero-order chi connectivity index (χ0) is 27.4. The lowest BCUT2D eigenvalue weighted by Gasteiger charge is -2.34. The van der Waals surface area contributed by atoms with Crippen LogP contribution in [-0.4, -0.2) is 54.8 Å². The Morgan fingerprint density at radius 3 is 2.61 bits per heavy atom. The van der Waals surface area contributed by atoms with Crippen molar-refractivity contribution in [3.8, 4) is 11.7 Å². The number of carbonyl (C=O) groups is 1. The van der Waals surface area contributed by atoms with Crippen molar-refractivity contribution in [1.82, 2.24) is 29.3 Å². The lowest BCUT2D eigenvalue weighted by atomic mass is 9.97. The summed E-state index contributed by atoms with van der Waals surface area (Å²) in [5.74, 6) is -0.285. The van der Waals surface area contributed by atoms with Gasteiger partial charge in [0.15, 0.2) is 5.82 Å². The van der Waals surface area contributed by atoms with Crippen LogP contribution in [0.25, 0.3) is 5.82 Å². The number of alkyl halides is 3. The molecule has 3 aromatic heterocycles. The Hall–Kier alpha value is -3.22. The number of amides is 1. The normalized spacial score (nSPS) is 22.5. The van der Waals surface area contributed by atoms with Gasteiger partial charge in [0.05, 0.1) is 22.1 Å². The first kappa shape index (κ1) is 26.4. The Balaban J connectivity index is 1.41. The highest BCUT2D eigenvalue weighted by atomic mass is 32.2. The summed E-state index contributed by atoms with van der Waals surface area (Å²) in [4.78, 5) is 21.1. The standard InChI is InChI=1S/C25H30F3N7O2S/c1-14-11-24(3,4)34(12-14)22-16(23(36)32-38-19-13-33(5)30-15(19)2)6-7-20(29-22)35-9-8-21(31-35)37-18-10-17(18)25(26,27)28/h6-9,13-14,17-18H,10-12H2,1-5H3,(H,32,36)/t14-,17-,18-/m0/s1. The zero-order valence-electron chi connectivity index (χ0n) is 21.8. The van der Waals surface area contributed by atoms with Gasteiger partial charge < -0.3 is 9.64 Å². The molecule has 1 saturated heterocycles. The van der Waals surface area contributed by atoms with Crippen LogP contribution >= 0.6 is 11.9 Å². The maximum absolute atomic E-state index is 13.3. The first-order valence-corrected chi connectivity index (χ1v) is 13.2. The monoisotopic (exact) mass is 549 g/mol. The van der Waals surface area contributed by atoms with E-state index in [-0.39, 0.29) is 23.7 Å². The fourth-order valence-corrected chi connectivity index (χ4v) is 5.75. The molecule has 2 aliphatic rings. The van der Waals surface area contributed by atoms with Crippen molar-refractivity contribution in [2.75, 3.05) is 11.4 Å². The molecule has 0 aromatic carbocycles. The Morgan fingerprint density at radius 2 is 2.00 bits per heavy atom. The van der Waals surface area contributed by atoms with Crippen molar-refractivity contribution in [3.05, 3.63) is 41.9 Å². The number of aromatic nitrogens is 5. The zero-order valence-corrected chi connectivity index (χ0v) is 22.6. The van der Waals surface area contributed by atoms with E-state index in [1.54, 1.807) is 23.0 Å². The Kier molecular flexibility index (Phi) is 6.60. The SMILES string of the molecule is Cc1nn(C)cc1SNC(=O)c1ccc(-n2ccc(O[C@H]3C[C@@H]3C(F)(F)F)n2)nc1N1C[C@@H](C)CC1(C)C. The van der Waals surface area contributed by atoms with E-state index >= 15 is 0 Å². The van der Waals surface area contributed by atoms with Gasteiger partial charge in [-0.2, -0.15) is 18.3 Å². The number of pyridine rings is 1. The number of nitrogens with zero attached hydrogens (tertiary/aromatic N) is 6. The number of anilines is 1. The molecule has 1 aliphatic carbocycles. The summed E-state index contributed by atoms with van der Waals surface area (Å²) in [5, 5.41) is 8.59. The maximum Gasteiger partial charge on any atom is 0.395 e. The largest absolute Gasteiger partial charge is 0.473 e. The van der Waals surface area contributed by atoms with Gasteiger partial charge in [0.25, 0.3) is 5.91 Å². The van der Waals surface area contributed by atoms with Crippen molar-refractivity contribution in [3.63, 3.8) is 0 Å². The average molecular weight is 550 g/mol. The highest BCUT2D eigenvalue weighted by Gasteiger charge is 2.58. The van der Waals surface area contributed by atoms with Crippen LogP contribution in [0.1, 0.15) is 49.7 Å². The molecule has 1 aliphatic heterocycles. The van der Waals surface area contributed by atoms with Gasteiger partial charge in [-0.3, -0.25) is 14.2 Å². The Bertz CT molecular complexity index is 1350. The van der Waals surface area contributed by atoms with Crippen LogP contribution in [0.15, 0.2) is 35.5 Å². The van der Waals surface area contributed by atoms with Crippen molar-refractivity contribution in [2.45, 2.75) is 63.3 Å². The molecule has 2 fully saturated rings. The first-order valence-electron chi connectivity index (χ1n) is 12.4. The molecule has 0 radical (unpaired) electrons. The Labute approximate surface area is 222 Å². The first-order chi connectivity index (χ1) is 17.8. The van der Waals surface area contributed by atoms with Crippen molar-refractivity contribution in [1.29, 1.82) is 0 Å². The van der Waals surface area contributed by atoms with Crippen molar-refractivity contribution in [2.24, 2.45) is 18.9 Å². The summed E-state index contributed by atoms with van der Waals surface area (Å²) in [6, 6.07) is 4.88.